The third kappa shape index (κ3) is 12.9. The fraction of sp³-hybridized carbons (Fsp3) is 0.508. The Kier molecular flexibility index (Phi) is 17.6. The average molecular weight is 1210 g/mol. The van der Waals surface area contributed by atoms with E-state index in [9.17, 15) is 24.6 Å². The molecule has 22 heteroatoms. The van der Waals surface area contributed by atoms with Gasteiger partial charge in [-0.15, -0.1) is 11.3 Å². The number of hydrogen-bond donors (Lipinski definition) is 7. The van der Waals surface area contributed by atoms with Crippen LogP contribution in [0.3, 0.4) is 0 Å². The number of anilines is 1. The number of rotatable bonds is 17. The normalized spacial score (nSPS) is 24.1. The summed E-state index contributed by atoms with van der Waals surface area (Å²) in [5.41, 5.74) is 6.01. The summed E-state index contributed by atoms with van der Waals surface area (Å²) in [5, 5.41) is 45.5. The number of aliphatic imine (C=N–C) groups is 1. The SMILES string of the molecule is CCc1cccc2cc(O)cc(-c3ncc4c(N5CC6CCC(C5)N6)nc(OCCC5CC(CC6CNCCN6N6C=CN=C(C(=O)N[C@H](C(=O)N7C[C@H](O)C[C@H]7C(=O)N[C@@H](C)c7ccc(-c8scnc8C)cc7)C(C)(C)C)C6)CCN5)nc4c3F)c12. The molecule has 7 N–H and O–H groups in total. The first-order valence-electron chi connectivity index (χ1n) is 31.0. The number of β-amino-alcohol motifs (C(OH)–C–C–N with tert-alkyl or cyclic N) is 1. The fourth-order valence-corrected chi connectivity index (χ4v) is 14.8. The van der Waals surface area contributed by atoms with E-state index in [1.807, 2.05) is 88.8 Å². The second-order valence-electron chi connectivity index (χ2n) is 25.6. The topological polar surface area (TPSA) is 238 Å². The molecular formula is C65H81FN14O6S. The predicted molar refractivity (Wildman–Crippen MR) is 336 cm³/mol. The van der Waals surface area contributed by atoms with E-state index in [2.05, 4.69) is 58.4 Å². The van der Waals surface area contributed by atoms with Gasteiger partial charge in [0.15, 0.2) is 5.82 Å². The summed E-state index contributed by atoms with van der Waals surface area (Å²) in [6.45, 7) is 16.6. The molecule has 9 heterocycles. The third-order valence-electron chi connectivity index (χ3n) is 18.5. The van der Waals surface area contributed by atoms with Crippen LogP contribution >= 0.6 is 11.3 Å². The number of hydrogen-bond acceptors (Lipinski definition) is 18. The first-order chi connectivity index (χ1) is 42.0. The molecule has 6 aromatic rings. The molecule has 12 rings (SSSR count). The molecule has 5 fully saturated rings. The number of nitrogens with zero attached hydrogens (tertiary/aromatic N) is 9. The molecule has 3 aromatic heterocycles. The molecule has 0 spiro atoms. The molecule has 9 atom stereocenters. The minimum atomic E-state index is -1.02. The average Bonchev–Trinajstić information content (AvgIpc) is 1.09. The number of aryl methyl sites for hydroxylation is 2. The van der Waals surface area contributed by atoms with Gasteiger partial charge in [-0.2, -0.15) is 9.97 Å². The smallest absolute Gasteiger partial charge is 0.319 e. The number of nitrogens with one attached hydrogen (secondary N) is 5. The van der Waals surface area contributed by atoms with Gasteiger partial charge in [-0.1, -0.05) is 70.2 Å². The van der Waals surface area contributed by atoms with Crippen LogP contribution in [0.25, 0.3) is 43.4 Å². The maximum Gasteiger partial charge on any atom is 0.319 e. The number of halogens is 1. The van der Waals surface area contributed by atoms with Crippen molar-refractivity contribution in [1.82, 2.24) is 61.4 Å². The van der Waals surface area contributed by atoms with Gasteiger partial charge in [-0.25, -0.2) is 14.4 Å². The largest absolute Gasteiger partial charge is 0.508 e. The van der Waals surface area contributed by atoms with Crippen LogP contribution in [-0.4, -0.2) is 170 Å². The van der Waals surface area contributed by atoms with Gasteiger partial charge in [0.25, 0.3) is 5.91 Å². The second-order valence-corrected chi connectivity index (χ2v) is 26.5. The zero-order chi connectivity index (χ0) is 60.7. The summed E-state index contributed by atoms with van der Waals surface area (Å²) in [6.07, 6.45) is 10.8. The molecule has 87 heavy (non-hydrogen) atoms. The number of hydrazine groups is 1. The fourth-order valence-electron chi connectivity index (χ4n) is 13.9. The van der Waals surface area contributed by atoms with E-state index in [0.717, 1.165) is 116 Å². The van der Waals surface area contributed by atoms with Crippen molar-refractivity contribution in [2.24, 2.45) is 16.3 Å². The van der Waals surface area contributed by atoms with Gasteiger partial charge < -0.3 is 56.3 Å². The predicted octanol–water partition coefficient (Wildman–Crippen LogP) is 6.94. The van der Waals surface area contributed by atoms with E-state index < -0.39 is 41.2 Å². The van der Waals surface area contributed by atoms with Crippen LogP contribution in [0.5, 0.6) is 11.8 Å². The first kappa shape index (κ1) is 60.1. The minimum Gasteiger partial charge on any atom is -0.508 e. The molecule has 0 saturated carbocycles. The Morgan fingerprint density at radius 2 is 1.78 bits per heavy atom. The first-order valence-corrected chi connectivity index (χ1v) is 31.9. The zero-order valence-electron chi connectivity index (χ0n) is 50.6. The van der Waals surface area contributed by atoms with Crippen molar-refractivity contribution < 1.29 is 33.7 Å². The molecule has 3 amide bonds. The Hall–Kier alpha value is -7.21. The van der Waals surface area contributed by atoms with E-state index in [-0.39, 0.29) is 72.2 Å². The Morgan fingerprint density at radius 3 is 2.54 bits per heavy atom. The number of aliphatic hydroxyl groups is 1. The molecule has 3 aromatic carbocycles. The van der Waals surface area contributed by atoms with E-state index in [0.29, 0.717) is 47.8 Å². The number of amides is 3. The van der Waals surface area contributed by atoms with Crippen molar-refractivity contribution in [3.05, 3.63) is 101 Å². The van der Waals surface area contributed by atoms with Gasteiger partial charge in [0.05, 0.1) is 46.8 Å². The van der Waals surface area contributed by atoms with Gasteiger partial charge in [-0.3, -0.25) is 24.4 Å². The van der Waals surface area contributed by atoms with Crippen molar-refractivity contribution >= 4 is 62.3 Å². The maximum atomic E-state index is 17.3. The number of phenolic OH excluding ortho intramolecular Hbond substituents is 1. The van der Waals surface area contributed by atoms with Crippen molar-refractivity contribution in [2.75, 3.05) is 63.9 Å². The van der Waals surface area contributed by atoms with Crippen LogP contribution in [0.4, 0.5) is 10.2 Å². The van der Waals surface area contributed by atoms with Crippen molar-refractivity contribution in [3.8, 4) is 33.5 Å². The van der Waals surface area contributed by atoms with Gasteiger partial charge in [-0.05, 0) is 116 Å². The molecule has 0 aliphatic carbocycles. The van der Waals surface area contributed by atoms with Gasteiger partial charge in [0.1, 0.15) is 40.6 Å². The molecule has 0 radical (unpaired) electrons. The summed E-state index contributed by atoms with van der Waals surface area (Å²) in [5.74, 6) is -0.840. The Morgan fingerprint density at radius 1 is 0.977 bits per heavy atom. The summed E-state index contributed by atoms with van der Waals surface area (Å²) in [4.78, 5) is 71.1. The van der Waals surface area contributed by atoms with Gasteiger partial charge in [0, 0.05) is 94.0 Å². The number of likely N-dealkylation sites (tertiary alicyclic amines) is 1. The number of aromatic hydroxyl groups is 1. The number of piperidine rings is 1. The van der Waals surface area contributed by atoms with E-state index >= 15 is 4.39 Å². The number of fused-ring (bicyclic) bond motifs is 4. The number of carbonyl (C=O) groups is 3. The van der Waals surface area contributed by atoms with E-state index in [4.69, 9.17) is 19.7 Å². The van der Waals surface area contributed by atoms with Gasteiger partial charge in [0.2, 0.25) is 11.8 Å². The highest BCUT2D eigenvalue weighted by Gasteiger charge is 2.46. The number of benzene rings is 3. The van der Waals surface area contributed by atoms with Gasteiger partial charge >= 0.3 is 6.01 Å². The Balaban J connectivity index is 0.678. The third-order valence-corrected chi connectivity index (χ3v) is 19.4. The van der Waals surface area contributed by atoms with Crippen LogP contribution in [0.1, 0.15) is 102 Å². The lowest BCUT2D eigenvalue weighted by Gasteiger charge is -2.45. The molecular weight excluding hydrogens is 1120 g/mol. The van der Waals surface area contributed by atoms with Crippen LogP contribution in [0.15, 0.2) is 83.7 Å². The quantitative estimate of drug-likeness (QED) is 0.0490. The molecule has 2 bridgehead atoms. The number of thiazole rings is 1. The van der Waals surface area contributed by atoms with E-state index in [1.165, 1.54) is 4.90 Å². The summed E-state index contributed by atoms with van der Waals surface area (Å²) < 4.78 is 23.7. The summed E-state index contributed by atoms with van der Waals surface area (Å²) >= 11 is 1.58. The Bertz CT molecular complexity index is 3580. The number of carbonyl (C=O) groups excluding carboxylic acids is 3. The highest BCUT2D eigenvalue weighted by Crippen LogP contribution is 2.40. The lowest BCUT2D eigenvalue weighted by molar-refractivity contribution is -0.143. The lowest BCUT2D eigenvalue weighted by atomic mass is 9.85. The standard InChI is InChI=1S/C65H81FN14O6S/c1-7-40-9-8-10-43-27-48(81)28-50(54(40)43)56-55(66)57-51(31-70-56)60(77-32-45-15-16-46(33-77)73-45)76-64(74-57)86-24-18-44-25-39(17-19-68-44)26-47-30-67-20-23-80(47)78-22-21-69-52(35-78)61(83)75-59(65(4,5)6)63(85)79-34-49(82)29-53(79)62(84)72-37(2)41-11-13-42(14-12-41)58-38(3)71-36-87-58/h8-14,21-22,27-28,31,36-37,39,44-47,49,53,59,67-68,73,81-82H,7,15-20,23-26,29-30,32-35H2,1-6H3,(H,72,84)(H,75,83)/t37-,39?,44?,45?,46?,47?,49+,53-,59+/m0/s1. The van der Waals surface area contributed by atoms with Crippen LogP contribution < -0.4 is 36.2 Å². The van der Waals surface area contributed by atoms with Crippen molar-refractivity contribution in [2.45, 2.75) is 141 Å². The number of pyridine rings is 1. The molecule has 6 aliphatic heterocycles. The number of ether oxygens (including phenoxy) is 1. The Labute approximate surface area is 511 Å². The number of phenols is 1. The van der Waals surface area contributed by atoms with Crippen molar-refractivity contribution in [1.29, 1.82) is 0 Å². The van der Waals surface area contributed by atoms with Crippen LogP contribution in [-0.2, 0) is 20.8 Å². The second kappa shape index (κ2) is 25.5. The molecule has 6 aliphatic rings. The highest BCUT2D eigenvalue weighted by molar-refractivity contribution is 7.13. The number of piperazine rings is 2. The highest BCUT2D eigenvalue weighted by atomic mass is 32.1. The van der Waals surface area contributed by atoms with E-state index in [1.54, 1.807) is 35.9 Å². The lowest BCUT2D eigenvalue weighted by Crippen LogP contribution is -2.61. The maximum absolute atomic E-state index is 17.3. The summed E-state index contributed by atoms with van der Waals surface area (Å²) in [6, 6.07) is 15.8. The number of aromatic nitrogens is 4. The molecule has 5 saturated heterocycles. The minimum absolute atomic E-state index is 0.0297. The number of aliphatic hydroxyl groups excluding tert-OH is 1. The zero-order valence-corrected chi connectivity index (χ0v) is 51.4. The van der Waals surface area contributed by atoms with Crippen molar-refractivity contribution in [3.63, 3.8) is 0 Å². The van der Waals surface area contributed by atoms with Crippen LogP contribution in [0, 0.1) is 24.1 Å². The molecule has 5 unspecified atom stereocenters. The monoisotopic (exact) mass is 1200 g/mol. The molecule has 20 nitrogen and oxygen atoms in total. The molecule has 460 valence electrons. The summed E-state index contributed by atoms with van der Waals surface area (Å²) in [7, 11) is 0. The van der Waals surface area contributed by atoms with Crippen LogP contribution in [0.2, 0.25) is 0 Å².